The van der Waals surface area contributed by atoms with Gasteiger partial charge in [-0.2, -0.15) is 5.06 Å². The summed E-state index contributed by atoms with van der Waals surface area (Å²) in [4.78, 5) is 11.1. The summed E-state index contributed by atoms with van der Waals surface area (Å²) in [5.41, 5.74) is 2.11. The van der Waals surface area contributed by atoms with Gasteiger partial charge in [0.2, 0.25) is 5.91 Å². The van der Waals surface area contributed by atoms with Gasteiger partial charge in [-0.15, -0.1) is 0 Å². The second-order valence-electron chi connectivity index (χ2n) is 4.94. The van der Waals surface area contributed by atoms with Crippen LogP contribution >= 0.6 is 9.47 Å². The maximum Gasteiger partial charge on any atom is 0.219 e. The Balaban J connectivity index is 2.70. The van der Waals surface area contributed by atoms with Crippen LogP contribution in [0.1, 0.15) is 24.0 Å². The van der Waals surface area contributed by atoms with Gasteiger partial charge in [0.05, 0.1) is 20.3 Å². The Morgan fingerprint density at radius 1 is 1.41 bits per heavy atom. The van der Waals surface area contributed by atoms with Gasteiger partial charge in [-0.25, -0.2) is 0 Å². The van der Waals surface area contributed by atoms with E-state index in [1.54, 1.807) is 19.2 Å². The van der Waals surface area contributed by atoms with Crippen LogP contribution in [0.2, 0.25) is 0 Å². The number of nitrogens with one attached hydrogen (secondary N) is 1. The van der Waals surface area contributed by atoms with Crippen molar-refractivity contribution in [1.82, 2.24) is 10.4 Å². The van der Waals surface area contributed by atoms with Crippen LogP contribution in [0.15, 0.2) is 12.1 Å². The van der Waals surface area contributed by atoms with E-state index in [9.17, 15) is 4.79 Å². The molecule has 0 saturated heterocycles. The zero-order valence-electron chi connectivity index (χ0n) is 13.6. The van der Waals surface area contributed by atoms with Crippen molar-refractivity contribution in [3.8, 4) is 11.5 Å². The number of carbonyl (C=O) groups is 1. The molecular formula is C15H25N2O4P. The predicted octanol–water partition coefficient (Wildman–Crippen LogP) is 2.06. The van der Waals surface area contributed by atoms with Crippen LogP contribution < -0.4 is 14.8 Å². The molecule has 1 unspecified atom stereocenters. The number of amides is 1. The number of rotatable bonds is 9. The molecule has 0 bridgehead atoms. The predicted molar refractivity (Wildman–Crippen MR) is 88.8 cm³/mol. The summed E-state index contributed by atoms with van der Waals surface area (Å²) < 4.78 is 16.2. The number of methoxy groups -OCH3 is 1. The molecule has 0 spiro atoms. The van der Waals surface area contributed by atoms with E-state index in [2.05, 4.69) is 14.8 Å². The van der Waals surface area contributed by atoms with Crippen LogP contribution in [0, 0.1) is 6.92 Å². The maximum atomic E-state index is 11.1. The number of ether oxygens (including phenoxy) is 2. The van der Waals surface area contributed by atoms with Crippen molar-refractivity contribution in [2.24, 2.45) is 0 Å². The molecule has 1 aromatic rings. The molecule has 1 N–H and O–H groups in total. The quantitative estimate of drug-likeness (QED) is 0.427. The number of hydroxylamine groups is 2. The van der Waals surface area contributed by atoms with Crippen LogP contribution in [0.4, 0.5) is 0 Å². The molecular weight excluding hydrogens is 303 g/mol. The number of benzene rings is 1. The Labute approximate surface area is 134 Å². The highest BCUT2D eigenvalue weighted by atomic mass is 31.0. The molecule has 0 aromatic heterocycles. The number of carbonyl (C=O) groups excluding carboxylic acids is 1. The zero-order valence-corrected chi connectivity index (χ0v) is 14.8. The van der Waals surface area contributed by atoms with E-state index in [-0.39, 0.29) is 5.91 Å². The lowest BCUT2D eigenvalue weighted by Crippen LogP contribution is -2.18. The van der Waals surface area contributed by atoms with Crippen LogP contribution in [0.25, 0.3) is 0 Å². The van der Waals surface area contributed by atoms with Gasteiger partial charge in [0.1, 0.15) is 11.5 Å². The van der Waals surface area contributed by atoms with E-state index in [0.717, 1.165) is 22.6 Å². The minimum atomic E-state index is 0.0215. The van der Waals surface area contributed by atoms with Crippen molar-refractivity contribution in [1.29, 1.82) is 0 Å². The van der Waals surface area contributed by atoms with E-state index in [1.807, 2.05) is 26.1 Å². The van der Waals surface area contributed by atoms with E-state index in [1.165, 1.54) is 0 Å². The molecule has 124 valence electrons. The molecule has 0 fully saturated rings. The molecule has 1 amide bonds. The standard InChI is InChI=1S/C15H25N2O4P/c1-11-8-12(20-7-5-6-15(18)16-2)9-14(19-4)13(11)10-17(3)21-22/h8-9H,5-7,10,22H2,1-4H3,(H,16,18). The fourth-order valence-electron chi connectivity index (χ4n) is 2.03. The summed E-state index contributed by atoms with van der Waals surface area (Å²) in [5, 5.41) is 4.28. The Kier molecular flexibility index (Phi) is 8.17. The maximum absolute atomic E-state index is 11.1. The van der Waals surface area contributed by atoms with Crippen molar-refractivity contribution in [2.45, 2.75) is 26.3 Å². The molecule has 0 saturated carbocycles. The molecule has 7 heteroatoms. The normalized spacial score (nSPS) is 10.6. The van der Waals surface area contributed by atoms with Gasteiger partial charge in [0, 0.05) is 41.6 Å². The van der Waals surface area contributed by atoms with Crippen molar-refractivity contribution < 1.29 is 18.9 Å². The third kappa shape index (κ3) is 5.79. The zero-order chi connectivity index (χ0) is 16.5. The van der Waals surface area contributed by atoms with Crippen LogP contribution in [-0.2, 0) is 16.0 Å². The van der Waals surface area contributed by atoms with E-state index in [0.29, 0.717) is 26.0 Å². The first kappa shape index (κ1) is 18.7. The summed E-state index contributed by atoms with van der Waals surface area (Å²) >= 11 is 0. The molecule has 6 nitrogen and oxygen atoms in total. The van der Waals surface area contributed by atoms with Crippen molar-refractivity contribution >= 4 is 15.4 Å². The third-order valence-electron chi connectivity index (χ3n) is 3.28. The van der Waals surface area contributed by atoms with Gasteiger partial charge >= 0.3 is 0 Å². The van der Waals surface area contributed by atoms with Gasteiger partial charge in [-0.05, 0) is 25.0 Å². The lowest BCUT2D eigenvalue weighted by molar-refractivity contribution is -0.120. The first-order chi connectivity index (χ1) is 10.5. The minimum Gasteiger partial charge on any atom is -0.496 e. The number of aryl methyl sites for hydroxylation is 1. The Bertz CT molecular complexity index is 497. The highest BCUT2D eigenvalue weighted by Gasteiger charge is 2.12. The Hall–Kier alpha value is -1.36. The molecule has 1 atom stereocenters. The SMILES string of the molecule is CNC(=O)CCCOc1cc(C)c(CN(C)OP)c(OC)c1. The molecule has 1 rings (SSSR count). The Morgan fingerprint density at radius 3 is 2.73 bits per heavy atom. The van der Waals surface area contributed by atoms with Crippen molar-refractivity contribution in [3.63, 3.8) is 0 Å². The van der Waals surface area contributed by atoms with E-state index >= 15 is 0 Å². The summed E-state index contributed by atoms with van der Waals surface area (Å²) in [6, 6.07) is 3.83. The smallest absolute Gasteiger partial charge is 0.219 e. The lowest BCUT2D eigenvalue weighted by atomic mass is 10.1. The van der Waals surface area contributed by atoms with Gasteiger partial charge in [0.15, 0.2) is 0 Å². The highest BCUT2D eigenvalue weighted by molar-refractivity contribution is 7.09. The fourth-order valence-corrected chi connectivity index (χ4v) is 2.10. The first-order valence-electron chi connectivity index (χ1n) is 7.10. The lowest BCUT2D eigenvalue weighted by Gasteiger charge is -2.19. The largest absolute Gasteiger partial charge is 0.496 e. The van der Waals surface area contributed by atoms with Gasteiger partial charge < -0.3 is 14.8 Å². The number of hydrogen-bond acceptors (Lipinski definition) is 5. The van der Waals surface area contributed by atoms with Gasteiger partial charge in [-0.1, -0.05) is 0 Å². The molecule has 22 heavy (non-hydrogen) atoms. The number of hydrogen-bond donors (Lipinski definition) is 1. The molecule has 0 aliphatic rings. The first-order valence-corrected chi connectivity index (χ1v) is 7.57. The molecule has 0 radical (unpaired) electrons. The summed E-state index contributed by atoms with van der Waals surface area (Å²) in [7, 11) is 7.32. The Morgan fingerprint density at radius 2 is 2.14 bits per heavy atom. The highest BCUT2D eigenvalue weighted by Crippen LogP contribution is 2.29. The monoisotopic (exact) mass is 328 g/mol. The average molecular weight is 328 g/mol. The third-order valence-corrected chi connectivity index (χ3v) is 3.64. The van der Waals surface area contributed by atoms with E-state index < -0.39 is 0 Å². The van der Waals surface area contributed by atoms with Gasteiger partial charge in [-0.3, -0.25) is 9.42 Å². The number of nitrogens with zero attached hydrogens (tertiary/aromatic N) is 1. The molecule has 0 aliphatic carbocycles. The van der Waals surface area contributed by atoms with Crippen LogP contribution in [0.3, 0.4) is 0 Å². The molecule has 0 heterocycles. The molecule has 1 aromatic carbocycles. The van der Waals surface area contributed by atoms with Crippen molar-refractivity contribution in [2.75, 3.05) is 27.8 Å². The molecule has 0 aliphatic heterocycles. The second kappa shape index (κ2) is 9.62. The summed E-state index contributed by atoms with van der Waals surface area (Å²) in [6.07, 6.45) is 1.13. The van der Waals surface area contributed by atoms with Crippen LogP contribution in [0.5, 0.6) is 11.5 Å². The second-order valence-corrected chi connectivity index (χ2v) is 5.15. The van der Waals surface area contributed by atoms with E-state index in [4.69, 9.17) is 14.1 Å². The van der Waals surface area contributed by atoms with Gasteiger partial charge in [0.25, 0.3) is 0 Å². The van der Waals surface area contributed by atoms with Crippen LogP contribution in [-0.4, -0.2) is 38.8 Å². The topological polar surface area (TPSA) is 60.0 Å². The summed E-state index contributed by atoms with van der Waals surface area (Å²) in [6.45, 7) is 3.10. The summed E-state index contributed by atoms with van der Waals surface area (Å²) in [5.74, 6) is 1.52. The average Bonchev–Trinajstić information content (AvgIpc) is 2.52. The minimum absolute atomic E-state index is 0.0215. The fraction of sp³-hybridized carbons (Fsp3) is 0.533. The van der Waals surface area contributed by atoms with Crippen molar-refractivity contribution in [3.05, 3.63) is 23.3 Å².